The summed E-state index contributed by atoms with van der Waals surface area (Å²) in [5.41, 5.74) is 2.57. The molecule has 5 nitrogen and oxygen atoms in total. The lowest BCUT2D eigenvalue weighted by molar-refractivity contribution is 0.0160. The number of hydrogen-bond donors (Lipinski definition) is 1. The Hall–Kier alpha value is -1.60. The maximum absolute atomic E-state index is 5.53. The normalized spacial score (nSPS) is 16.6. The van der Waals surface area contributed by atoms with E-state index in [9.17, 15) is 0 Å². The van der Waals surface area contributed by atoms with E-state index in [4.69, 9.17) is 14.2 Å². The third-order valence-corrected chi connectivity index (χ3v) is 5.26. The van der Waals surface area contributed by atoms with Gasteiger partial charge in [-0.15, -0.1) is 0 Å². The van der Waals surface area contributed by atoms with E-state index in [0.29, 0.717) is 0 Å². The average Bonchev–Trinajstić information content (AvgIpc) is 3.19. The van der Waals surface area contributed by atoms with Gasteiger partial charge in [0.2, 0.25) is 0 Å². The smallest absolute Gasteiger partial charge is 0.161 e. The SMILES string of the molecule is COc1ccc(C(CNCc2ccsc2)N2CCOCC2)cc1OC. The number of thiophene rings is 1. The van der Waals surface area contributed by atoms with Gasteiger partial charge in [-0.2, -0.15) is 11.3 Å². The van der Waals surface area contributed by atoms with Crippen molar-refractivity contribution in [3.05, 3.63) is 46.2 Å². The lowest BCUT2D eigenvalue weighted by atomic mass is 10.0. The van der Waals surface area contributed by atoms with Crippen LogP contribution in [0.5, 0.6) is 11.5 Å². The summed E-state index contributed by atoms with van der Waals surface area (Å²) in [6.07, 6.45) is 0. The first-order chi connectivity index (χ1) is 12.3. The lowest BCUT2D eigenvalue weighted by Gasteiger charge is -2.35. The van der Waals surface area contributed by atoms with Gasteiger partial charge >= 0.3 is 0 Å². The second-order valence-corrected chi connectivity index (χ2v) is 6.82. The van der Waals surface area contributed by atoms with Gasteiger partial charge < -0.3 is 19.5 Å². The van der Waals surface area contributed by atoms with Gasteiger partial charge in [-0.1, -0.05) is 6.07 Å². The van der Waals surface area contributed by atoms with Crippen molar-refractivity contribution in [1.29, 1.82) is 0 Å². The van der Waals surface area contributed by atoms with Gasteiger partial charge in [-0.05, 0) is 40.1 Å². The lowest BCUT2D eigenvalue weighted by Crippen LogP contribution is -2.42. The second kappa shape index (κ2) is 9.20. The Labute approximate surface area is 153 Å². The summed E-state index contributed by atoms with van der Waals surface area (Å²) in [4.78, 5) is 2.48. The van der Waals surface area contributed by atoms with Crippen LogP contribution in [-0.4, -0.2) is 52.0 Å². The summed E-state index contributed by atoms with van der Waals surface area (Å²) >= 11 is 1.73. The molecule has 1 fully saturated rings. The zero-order chi connectivity index (χ0) is 17.5. The van der Waals surface area contributed by atoms with E-state index in [-0.39, 0.29) is 6.04 Å². The molecule has 0 bridgehead atoms. The molecule has 1 aliphatic rings. The quantitative estimate of drug-likeness (QED) is 0.782. The Kier molecular flexibility index (Phi) is 6.69. The number of ether oxygens (including phenoxy) is 3. The van der Waals surface area contributed by atoms with E-state index in [1.807, 2.05) is 6.07 Å². The van der Waals surface area contributed by atoms with Crippen LogP contribution in [0.4, 0.5) is 0 Å². The molecule has 0 aliphatic carbocycles. The van der Waals surface area contributed by atoms with Crippen molar-refractivity contribution in [3.63, 3.8) is 0 Å². The predicted octanol–water partition coefficient (Wildman–Crippen LogP) is 2.93. The fourth-order valence-electron chi connectivity index (χ4n) is 3.15. The van der Waals surface area contributed by atoms with Gasteiger partial charge in [0.15, 0.2) is 11.5 Å². The number of rotatable bonds is 8. The third-order valence-electron chi connectivity index (χ3n) is 4.53. The van der Waals surface area contributed by atoms with Crippen molar-refractivity contribution in [2.24, 2.45) is 0 Å². The van der Waals surface area contributed by atoms with Gasteiger partial charge in [0, 0.05) is 32.2 Å². The van der Waals surface area contributed by atoms with E-state index in [2.05, 4.69) is 39.2 Å². The Bertz CT molecular complexity index is 642. The molecule has 1 unspecified atom stereocenters. The minimum Gasteiger partial charge on any atom is -0.493 e. The van der Waals surface area contributed by atoms with Crippen LogP contribution in [0.2, 0.25) is 0 Å². The highest BCUT2D eigenvalue weighted by Gasteiger charge is 2.23. The standard InChI is InChI=1S/C19H26N2O3S/c1-22-18-4-3-16(11-19(18)23-2)17(21-6-8-24-9-7-21)13-20-12-15-5-10-25-14-15/h3-5,10-11,14,17,20H,6-9,12-13H2,1-2H3. The van der Waals surface area contributed by atoms with Crippen LogP contribution >= 0.6 is 11.3 Å². The van der Waals surface area contributed by atoms with Gasteiger partial charge in [-0.25, -0.2) is 0 Å². The largest absolute Gasteiger partial charge is 0.493 e. The summed E-state index contributed by atoms with van der Waals surface area (Å²) in [5, 5.41) is 7.91. The van der Waals surface area contributed by atoms with Crippen molar-refractivity contribution in [2.45, 2.75) is 12.6 Å². The Morgan fingerprint density at radius 3 is 2.64 bits per heavy atom. The molecule has 1 aromatic carbocycles. The van der Waals surface area contributed by atoms with Crippen LogP contribution in [0.3, 0.4) is 0 Å². The molecular formula is C19H26N2O3S. The van der Waals surface area contributed by atoms with Crippen molar-refractivity contribution in [1.82, 2.24) is 10.2 Å². The first-order valence-electron chi connectivity index (χ1n) is 8.57. The maximum Gasteiger partial charge on any atom is 0.161 e. The fourth-order valence-corrected chi connectivity index (χ4v) is 3.82. The van der Waals surface area contributed by atoms with Crippen molar-refractivity contribution in [3.8, 4) is 11.5 Å². The van der Waals surface area contributed by atoms with Crippen molar-refractivity contribution >= 4 is 11.3 Å². The second-order valence-electron chi connectivity index (χ2n) is 6.04. The van der Waals surface area contributed by atoms with E-state index in [0.717, 1.165) is 50.9 Å². The first kappa shape index (κ1) is 18.2. The van der Waals surface area contributed by atoms with Gasteiger partial charge in [0.25, 0.3) is 0 Å². The van der Waals surface area contributed by atoms with E-state index < -0.39 is 0 Å². The third kappa shape index (κ3) is 4.73. The molecule has 1 aliphatic heterocycles. The molecule has 3 rings (SSSR count). The number of methoxy groups -OCH3 is 2. The molecule has 1 atom stereocenters. The molecule has 0 radical (unpaired) electrons. The van der Waals surface area contributed by atoms with Gasteiger partial charge in [0.05, 0.1) is 27.4 Å². The van der Waals surface area contributed by atoms with Gasteiger partial charge in [-0.3, -0.25) is 4.90 Å². The molecule has 1 saturated heterocycles. The number of benzene rings is 1. The molecule has 6 heteroatoms. The highest BCUT2D eigenvalue weighted by molar-refractivity contribution is 7.07. The molecule has 25 heavy (non-hydrogen) atoms. The van der Waals surface area contributed by atoms with Crippen molar-refractivity contribution in [2.75, 3.05) is 47.1 Å². The van der Waals surface area contributed by atoms with Crippen LogP contribution in [0.15, 0.2) is 35.0 Å². The van der Waals surface area contributed by atoms with Gasteiger partial charge in [0.1, 0.15) is 0 Å². The topological polar surface area (TPSA) is 43.0 Å². The molecule has 2 aromatic rings. The zero-order valence-corrected chi connectivity index (χ0v) is 15.7. The number of hydrogen-bond acceptors (Lipinski definition) is 6. The number of nitrogens with zero attached hydrogens (tertiary/aromatic N) is 1. The molecule has 136 valence electrons. The van der Waals surface area contributed by atoms with E-state index >= 15 is 0 Å². The highest BCUT2D eigenvalue weighted by Crippen LogP contribution is 2.32. The molecule has 0 spiro atoms. The van der Waals surface area contributed by atoms with E-state index in [1.54, 1.807) is 25.6 Å². The van der Waals surface area contributed by atoms with Crippen LogP contribution in [0.25, 0.3) is 0 Å². The Morgan fingerprint density at radius 2 is 1.96 bits per heavy atom. The minimum atomic E-state index is 0.280. The van der Waals surface area contributed by atoms with Crippen LogP contribution < -0.4 is 14.8 Å². The van der Waals surface area contributed by atoms with Crippen LogP contribution in [0, 0.1) is 0 Å². The summed E-state index contributed by atoms with van der Waals surface area (Å²) in [6.45, 7) is 5.23. The summed E-state index contributed by atoms with van der Waals surface area (Å²) in [7, 11) is 3.35. The van der Waals surface area contributed by atoms with Crippen molar-refractivity contribution < 1.29 is 14.2 Å². The Balaban J connectivity index is 1.75. The summed E-state index contributed by atoms with van der Waals surface area (Å²) in [5.74, 6) is 1.54. The molecule has 0 saturated carbocycles. The summed E-state index contributed by atoms with van der Waals surface area (Å²) in [6, 6.07) is 8.65. The van der Waals surface area contributed by atoms with Crippen LogP contribution in [-0.2, 0) is 11.3 Å². The molecule has 0 amide bonds. The Morgan fingerprint density at radius 1 is 1.16 bits per heavy atom. The predicted molar refractivity (Wildman–Crippen MR) is 101 cm³/mol. The zero-order valence-electron chi connectivity index (χ0n) is 14.9. The monoisotopic (exact) mass is 362 g/mol. The highest BCUT2D eigenvalue weighted by atomic mass is 32.1. The molecule has 2 heterocycles. The number of nitrogens with one attached hydrogen (secondary N) is 1. The average molecular weight is 362 g/mol. The van der Waals surface area contributed by atoms with E-state index in [1.165, 1.54) is 11.1 Å². The molecular weight excluding hydrogens is 336 g/mol. The van der Waals surface area contributed by atoms with Crippen LogP contribution in [0.1, 0.15) is 17.2 Å². The molecule has 1 N–H and O–H groups in total. The summed E-state index contributed by atoms with van der Waals surface area (Å²) < 4.78 is 16.4. The minimum absolute atomic E-state index is 0.280. The maximum atomic E-state index is 5.53. The molecule has 1 aromatic heterocycles. The number of morpholine rings is 1. The fraction of sp³-hybridized carbons (Fsp3) is 0.474. The first-order valence-corrected chi connectivity index (χ1v) is 9.51.